The molecule has 1 N–H and O–H groups in total. The fraction of sp³-hybridized carbons (Fsp3) is 1.00. The Balaban J connectivity index is 2.29. The number of hydrogen-bond donors (Lipinski definition) is 1. The first-order valence-corrected chi connectivity index (χ1v) is 10.2. The first-order valence-electron chi connectivity index (χ1n) is 9.15. The van der Waals surface area contributed by atoms with E-state index in [9.17, 15) is 0 Å². The normalized spacial score (nSPS) is 19.9. The first kappa shape index (κ1) is 18.4. The molecule has 20 heavy (non-hydrogen) atoms. The Labute approximate surface area is 132 Å². The first-order chi connectivity index (χ1) is 9.80. The molecule has 0 aromatic rings. The van der Waals surface area contributed by atoms with E-state index in [-0.39, 0.29) is 0 Å². The second-order valence-corrected chi connectivity index (χ2v) is 7.83. The summed E-state index contributed by atoms with van der Waals surface area (Å²) in [4.78, 5) is 0. The molecule has 2 unspecified atom stereocenters. The van der Waals surface area contributed by atoms with Crippen LogP contribution in [0, 0.1) is 5.92 Å². The monoisotopic (exact) mass is 299 g/mol. The van der Waals surface area contributed by atoms with Gasteiger partial charge in [-0.15, -0.1) is 0 Å². The predicted molar refractivity (Wildman–Crippen MR) is 94.7 cm³/mol. The van der Waals surface area contributed by atoms with Gasteiger partial charge in [0.25, 0.3) is 0 Å². The summed E-state index contributed by atoms with van der Waals surface area (Å²) in [6.07, 6.45) is 14.3. The van der Waals surface area contributed by atoms with E-state index < -0.39 is 0 Å². The van der Waals surface area contributed by atoms with Gasteiger partial charge in [-0.25, -0.2) is 0 Å². The van der Waals surface area contributed by atoms with Crippen molar-refractivity contribution in [3.05, 3.63) is 0 Å². The Kier molecular flexibility index (Phi) is 10.9. The largest absolute Gasteiger partial charge is 0.313 e. The van der Waals surface area contributed by atoms with Gasteiger partial charge in [-0.05, 0) is 31.7 Å². The molecule has 2 atom stereocenters. The van der Waals surface area contributed by atoms with Crippen LogP contribution in [0.5, 0.6) is 0 Å². The molecule has 0 aromatic carbocycles. The Hall–Kier alpha value is 0.310. The Bertz CT molecular complexity index is 213. The van der Waals surface area contributed by atoms with Gasteiger partial charge < -0.3 is 5.32 Å². The highest BCUT2D eigenvalue weighted by molar-refractivity contribution is 7.99. The van der Waals surface area contributed by atoms with Crippen molar-refractivity contribution >= 4 is 11.8 Å². The van der Waals surface area contributed by atoms with Gasteiger partial charge in [0.1, 0.15) is 0 Å². The minimum atomic E-state index is 0.744. The van der Waals surface area contributed by atoms with E-state index in [1.165, 1.54) is 70.0 Å². The van der Waals surface area contributed by atoms with Crippen molar-refractivity contribution in [3.63, 3.8) is 0 Å². The lowest BCUT2D eigenvalue weighted by molar-refractivity contribution is 0.367. The summed E-state index contributed by atoms with van der Waals surface area (Å²) in [6, 6.07) is 0.744. The number of nitrogens with one attached hydrogen (secondary N) is 1. The molecule has 0 amide bonds. The van der Waals surface area contributed by atoms with Crippen molar-refractivity contribution in [2.24, 2.45) is 5.92 Å². The zero-order chi connectivity index (χ0) is 14.6. The zero-order valence-electron chi connectivity index (χ0n) is 14.1. The van der Waals surface area contributed by atoms with E-state index in [1.54, 1.807) is 0 Å². The van der Waals surface area contributed by atoms with Crippen molar-refractivity contribution in [3.8, 4) is 0 Å². The van der Waals surface area contributed by atoms with Crippen LogP contribution in [0.3, 0.4) is 0 Å². The summed E-state index contributed by atoms with van der Waals surface area (Å²) in [7, 11) is 0. The molecule has 0 saturated heterocycles. The van der Waals surface area contributed by atoms with E-state index in [2.05, 4.69) is 37.8 Å². The van der Waals surface area contributed by atoms with Crippen molar-refractivity contribution in [2.75, 3.05) is 12.3 Å². The third kappa shape index (κ3) is 7.93. The molecule has 0 aliphatic heterocycles. The fourth-order valence-corrected chi connectivity index (χ4v) is 4.79. The molecule has 0 bridgehead atoms. The van der Waals surface area contributed by atoms with Crippen LogP contribution in [-0.2, 0) is 0 Å². The Morgan fingerprint density at radius 3 is 2.45 bits per heavy atom. The van der Waals surface area contributed by atoms with Crippen molar-refractivity contribution in [1.29, 1.82) is 0 Å². The van der Waals surface area contributed by atoms with Gasteiger partial charge in [-0.3, -0.25) is 0 Å². The Morgan fingerprint density at radius 2 is 1.85 bits per heavy atom. The van der Waals surface area contributed by atoms with Crippen LogP contribution in [0.4, 0.5) is 0 Å². The van der Waals surface area contributed by atoms with Crippen molar-refractivity contribution in [2.45, 2.75) is 96.3 Å². The molecule has 1 fully saturated rings. The van der Waals surface area contributed by atoms with Gasteiger partial charge in [-0.1, -0.05) is 65.7 Å². The number of rotatable bonds is 11. The highest BCUT2D eigenvalue weighted by Crippen LogP contribution is 2.29. The van der Waals surface area contributed by atoms with Crippen LogP contribution >= 0.6 is 11.8 Å². The maximum atomic E-state index is 3.74. The van der Waals surface area contributed by atoms with Crippen LogP contribution < -0.4 is 5.32 Å². The molecular weight excluding hydrogens is 262 g/mol. The van der Waals surface area contributed by atoms with Gasteiger partial charge in [0.05, 0.1) is 0 Å². The summed E-state index contributed by atoms with van der Waals surface area (Å²) < 4.78 is 0. The minimum absolute atomic E-state index is 0.744. The second-order valence-electron chi connectivity index (χ2n) is 6.50. The summed E-state index contributed by atoms with van der Waals surface area (Å²) >= 11 is 2.26. The molecule has 1 rings (SSSR count). The highest BCUT2D eigenvalue weighted by Gasteiger charge is 2.18. The van der Waals surface area contributed by atoms with Crippen molar-refractivity contribution in [1.82, 2.24) is 5.32 Å². The molecule has 0 spiro atoms. The summed E-state index contributed by atoms with van der Waals surface area (Å²) in [5.74, 6) is 2.27. The molecule has 0 aromatic heterocycles. The third-order valence-corrected chi connectivity index (χ3v) is 6.28. The van der Waals surface area contributed by atoms with E-state index in [0.29, 0.717) is 0 Å². The van der Waals surface area contributed by atoms with Gasteiger partial charge in [0.2, 0.25) is 0 Å². The third-order valence-electron chi connectivity index (χ3n) is 4.74. The summed E-state index contributed by atoms with van der Waals surface area (Å²) in [5.41, 5.74) is 0. The lowest BCUT2D eigenvalue weighted by Gasteiger charge is -2.27. The minimum Gasteiger partial charge on any atom is -0.313 e. The molecule has 0 radical (unpaired) electrons. The van der Waals surface area contributed by atoms with Gasteiger partial charge in [0.15, 0.2) is 0 Å². The smallest absolute Gasteiger partial charge is 0.0160 e. The summed E-state index contributed by atoms with van der Waals surface area (Å²) in [6.45, 7) is 8.07. The molecule has 1 saturated carbocycles. The Morgan fingerprint density at radius 1 is 1.10 bits per heavy atom. The van der Waals surface area contributed by atoms with Gasteiger partial charge in [0, 0.05) is 17.0 Å². The van der Waals surface area contributed by atoms with Gasteiger partial charge in [-0.2, -0.15) is 11.8 Å². The van der Waals surface area contributed by atoms with Crippen LogP contribution in [0.1, 0.15) is 85.0 Å². The van der Waals surface area contributed by atoms with E-state index >= 15 is 0 Å². The number of hydrogen-bond acceptors (Lipinski definition) is 2. The fourth-order valence-electron chi connectivity index (χ4n) is 3.37. The second kappa shape index (κ2) is 11.9. The molecule has 2 heteroatoms. The van der Waals surface area contributed by atoms with Crippen molar-refractivity contribution < 1.29 is 0 Å². The molecular formula is C18H37NS. The predicted octanol–water partition coefficient (Wildman–Crippen LogP) is 5.64. The lowest BCUT2D eigenvalue weighted by atomic mass is 9.92. The van der Waals surface area contributed by atoms with Crippen LogP contribution in [-0.4, -0.2) is 23.6 Å². The van der Waals surface area contributed by atoms with E-state index in [0.717, 1.165) is 23.8 Å². The maximum absolute atomic E-state index is 3.74. The SMILES string of the molecule is CCCCC(CC)CC(CSC1CCCCC1)NCC. The standard InChI is InChI=1S/C18H37NS/c1-4-7-11-16(5-2)14-17(19-6-3)15-20-18-12-9-8-10-13-18/h16-19H,4-15H2,1-3H3. The lowest BCUT2D eigenvalue weighted by Crippen LogP contribution is -2.34. The molecule has 1 aliphatic carbocycles. The molecule has 120 valence electrons. The van der Waals surface area contributed by atoms with E-state index in [4.69, 9.17) is 0 Å². The van der Waals surface area contributed by atoms with Crippen LogP contribution in [0.15, 0.2) is 0 Å². The molecule has 1 nitrogen and oxygen atoms in total. The average Bonchev–Trinajstić information content (AvgIpc) is 2.50. The quantitative estimate of drug-likeness (QED) is 0.530. The average molecular weight is 300 g/mol. The highest BCUT2D eigenvalue weighted by atomic mass is 32.2. The molecule has 1 aliphatic rings. The zero-order valence-corrected chi connectivity index (χ0v) is 14.9. The molecule has 0 heterocycles. The number of thioether (sulfide) groups is 1. The maximum Gasteiger partial charge on any atom is 0.0160 e. The topological polar surface area (TPSA) is 12.0 Å². The van der Waals surface area contributed by atoms with Crippen LogP contribution in [0.25, 0.3) is 0 Å². The number of unbranched alkanes of at least 4 members (excludes halogenated alkanes) is 1. The summed E-state index contributed by atoms with van der Waals surface area (Å²) in [5, 5.41) is 4.70. The van der Waals surface area contributed by atoms with E-state index in [1.807, 2.05) is 0 Å². The van der Waals surface area contributed by atoms with Gasteiger partial charge >= 0.3 is 0 Å². The van der Waals surface area contributed by atoms with Crippen LogP contribution in [0.2, 0.25) is 0 Å².